The average Bonchev–Trinajstić information content (AvgIpc) is 2.14. The molecule has 0 fully saturated rings. The fourth-order valence-corrected chi connectivity index (χ4v) is 0.730. The van der Waals surface area contributed by atoms with Crippen LogP contribution in [0.2, 0.25) is 0 Å². The van der Waals surface area contributed by atoms with E-state index < -0.39 is 0 Å². The molecule has 7 heavy (non-hydrogen) atoms. The van der Waals surface area contributed by atoms with Gasteiger partial charge in [-0.3, -0.25) is 0 Å². The molecule has 0 aliphatic carbocycles. The summed E-state index contributed by atoms with van der Waals surface area (Å²) in [5.74, 6) is 0. The van der Waals surface area contributed by atoms with Gasteiger partial charge in [-0.25, -0.2) is 0 Å². The summed E-state index contributed by atoms with van der Waals surface area (Å²) >= 11 is 1.47. The number of hydrogen-bond acceptors (Lipinski definition) is 1. The second kappa shape index (κ2) is 2.07. The number of thioether (sulfide) groups is 1. The SMILES string of the molecule is [CH2]Sc1ccc[nH]1. The molecule has 1 nitrogen and oxygen atoms in total. The fraction of sp³-hybridized carbons (Fsp3) is 0. The fourth-order valence-electron chi connectivity index (χ4n) is 0.404. The van der Waals surface area contributed by atoms with Gasteiger partial charge in [-0.15, -0.1) is 11.8 Å². The molecule has 0 saturated heterocycles. The number of nitrogens with one attached hydrogen (secondary N) is 1. The topological polar surface area (TPSA) is 15.8 Å². The van der Waals surface area contributed by atoms with E-state index in [1.165, 1.54) is 11.8 Å². The summed E-state index contributed by atoms with van der Waals surface area (Å²) in [5.41, 5.74) is 0. The van der Waals surface area contributed by atoms with Gasteiger partial charge in [0.2, 0.25) is 0 Å². The highest BCUT2D eigenvalue weighted by Crippen LogP contribution is 2.10. The summed E-state index contributed by atoms with van der Waals surface area (Å²) in [6, 6.07) is 3.94. The third kappa shape index (κ3) is 0.996. The van der Waals surface area contributed by atoms with E-state index >= 15 is 0 Å². The van der Waals surface area contributed by atoms with Crippen molar-refractivity contribution in [2.45, 2.75) is 5.03 Å². The van der Waals surface area contributed by atoms with Crippen LogP contribution in [0, 0.1) is 6.26 Å². The van der Waals surface area contributed by atoms with E-state index in [1.54, 1.807) is 0 Å². The van der Waals surface area contributed by atoms with Gasteiger partial charge in [0.05, 0.1) is 5.03 Å². The van der Waals surface area contributed by atoms with Crippen LogP contribution in [0.25, 0.3) is 0 Å². The van der Waals surface area contributed by atoms with Gasteiger partial charge in [-0.05, 0) is 12.1 Å². The molecule has 0 aliphatic heterocycles. The first-order chi connectivity index (χ1) is 3.43. The predicted octanol–water partition coefficient (Wildman–Crippen LogP) is 1.90. The number of hydrogen-bond donors (Lipinski definition) is 1. The number of aromatic nitrogens is 1. The Morgan fingerprint density at radius 2 is 2.57 bits per heavy atom. The smallest absolute Gasteiger partial charge is 0.0721 e. The molecule has 1 heterocycles. The summed E-state index contributed by atoms with van der Waals surface area (Å²) in [4.78, 5) is 2.99. The van der Waals surface area contributed by atoms with Crippen LogP contribution in [0.5, 0.6) is 0 Å². The Morgan fingerprint density at radius 3 is 2.86 bits per heavy atom. The van der Waals surface area contributed by atoms with Crippen LogP contribution in [0.1, 0.15) is 0 Å². The molecule has 1 radical (unpaired) electrons. The summed E-state index contributed by atoms with van der Waals surface area (Å²) in [6.45, 7) is 0. The predicted molar refractivity (Wildman–Crippen MR) is 32.0 cm³/mol. The van der Waals surface area contributed by atoms with Crippen LogP contribution in [0.3, 0.4) is 0 Å². The Labute approximate surface area is 47.1 Å². The van der Waals surface area contributed by atoms with Gasteiger partial charge in [-0.1, -0.05) is 0 Å². The van der Waals surface area contributed by atoms with Crippen LogP contribution >= 0.6 is 11.8 Å². The highest BCUT2D eigenvalue weighted by atomic mass is 32.2. The molecule has 1 rings (SSSR count). The van der Waals surface area contributed by atoms with Gasteiger partial charge in [0.1, 0.15) is 0 Å². The van der Waals surface area contributed by atoms with E-state index in [1.807, 2.05) is 18.3 Å². The lowest BCUT2D eigenvalue weighted by molar-refractivity contribution is 1.21. The molecule has 0 bridgehead atoms. The standard InChI is InChI=1S/C5H6NS/c1-7-5-3-2-4-6-5/h2-4,6H,1H2. The third-order valence-corrected chi connectivity index (χ3v) is 1.29. The average molecular weight is 112 g/mol. The summed E-state index contributed by atoms with van der Waals surface area (Å²) < 4.78 is 0. The van der Waals surface area contributed by atoms with Gasteiger partial charge in [0.15, 0.2) is 0 Å². The highest BCUT2D eigenvalue weighted by molar-refractivity contribution is 8.00. The minimum atomic E-state index is 1.11. The van der Waals surface area contributed by atoms with E-state index in [-0.39, 0.29) is 0 Å². The lowest BCUT2D eigenvalue weighted by atomic mass is 10.7. The van der Waals surface area contributed by atoms with Crippen molar-refractivity contribution in [2.24, 2.45) is 0 Å². The van der Waals surface area contributed by atoms with Crippen molar-refractivity contribution >= 4 is 11.8 Å². The molecular formula is C5H6NS. The van der Waals surface area contributed by atoms with Crippen molar-refractivity contribution < 1.29 is 0 Å². The summed E-state index contributed by atoms with van der Waals surface area (Å²) in [6.07, 6.45) is 5.50. The molecule has 0 unspecified atom stereocenters. The number of rotatable bonds is 1. The maximum Gasteiger partial charge on any atom is 0.0721 e. The van der Waals surface area contributed by atoms with E-state index in [2.05, 4.69) is 11.2 Å². The Bertz CT molecular complexity index is 123. The molecule has 2 heteroatoms. The van der Waals surface area contributed by atoms with Crippen molar-refractivity contribution in [3.8, 4) is 0 Å². The van der Waals surface area contributed by atoms with Crippen molar-refractivity contribution in [3.05, 3.63) is 24.6 Å². The Morgan fingerprint density at radius 1 is 1.71 bits per heavy atom. The molecule has 0 atom stereocenters. The molecule has 0 aliphatic rings. The minimum absolute atomic E-state index is 1.11. The number of aromatic amines is 1. The highest BCUT2D eigenvalue weighted by Gasteiger charge is 1.81. The molecule has 1 N–H and O–H groups in total. The van der Waals surface area contributed by atoms with Gasteiger partial charge >= 0.3 is 0 Å². The Balaban J connectivity index is 2.76. The lowest BCUT2D eigenvalue weighted by Crippen LogP contribution is -1.58. The summed E-state index contributed by atoms with van der Waals surface area (Å²) in [5, 5.41) is 1.11. The van der Waals surface area contributed by atoms with E-state index in [4.69, 9.17) is 0 Å². The van der Waals surface area contributed by atoms with Crippen LogP contribution in [-0.2, 0) is 0 Å². The molecule has 0 spiro atoms. The second-order valence-corrected chi connectivity index (χ2v) is 1.91. The van der Waals surface area contributed by atoms with Crippen molar-refractivity contribution in [2.75, 3.05) is 0 Å². The monoisotopic (exact) mass is 112 g/mol. The third-order valence-electron chi connectivity index (χ3n) is 0.725. The second-order valence-electron chi connectivity index (χ2n) is 1.18. The van der Waals surface area contributed by atoms with Crippen molar-refractivity contribution in [3.63, 3.8) is 0 Å². The van der Waals surface area contributed by atoms with Gasteiger partial charge in [0.25, 0.3) is 0 Å². The molecule has 0 amide bonds. The maximum atomic E-state index is 3.61. The normalized spacial score (nSPS) is 9.29. The lowest BCUT2D eigenvalue weighted by Gasteiger charge is -1.80. The van der Waals surface area contributed by atoms with Crippen LogP contribution in [0.4, 0.5) is 0 Å². The zero-order chi connectivity index (χ0) is 5.11. The maximum absolute atomic E-state index is 3.61. The minimum Gasteiger partial charge on any atom is -0.356 e. The summed E-state index contributed by atoms with van der Waals surface area (Å²) in [7, 11) is 0. The quantitative estimate of drug-likeness (QED) is 0.548. The molecule has 1 aromatic rings. The van der Waals surface area contributed by atoms with Gasteiger partial charge in [-0.2, -0.15) is 0 Å². The molecule has 37 valence electrons. The first-order valence-corrected chi connectivity index (χ1v) is 2.97. The van der Waals surface area contributed by atoms with E-state index in [9.17, 15) is 0 Å². The zero-order valence-corrected chi connectivity index (χ0v) is 4.66. The largest absolute Gasteiger partial charge is 0.356 e. The first kappa shape index (κ1) is 4.78. The van der Waals surface area contributed by atoms with Crippen LogP contribution in [0.15, 0.2) is 23.4 Å². The molecule has 0 saturated carbocycles. The van der Waals surface area contributed by atoms with Crippen molar-refractivity contribution in [1.82, 2.24) is 4.98 Å². The molecule has 0 aromatic carbocycles. The van der Waals surface area contributed by atoms with Gasteiger partial charge in [0, 0.05) is 12.5 Å². The van der Waals surface area contributed by atoms with E-state index in [0.717, 1.165) is 5.03 Å². The zero-order valence-electron chi connectivity index (χ0n) is 3.85. The van der Waals surface area contributed by atoms with E-state index in [0.29, 0.717) is 0 Å². The number of H-pyrrole nitrogens is 1. The Kier molecular flexibility index (Phi) is 1.42. The van der Waals surface area contributed by atoms with Gasteiger partial charge < -0.3 is 4.98 Å². The van der Waals surface area contributed by atoms with Crippen molar-refractivity contribution in [1.29, 1.82) is 0 Å². The Hall–Kier alpha value is -0.370. The first-order valence-electron chi connectivity index (χ1n) is 1.99. The molecular weight excluding hydrogens is 106 g/mol. The van der Waals surface area contributed by atoms with Crippen LogP contribution < -0.4 is 0 Å². The van der Waals surface area contributed by atoms with Crippen LogP contribution in [-0.4, -0.2) is 4.98 Å². The molecule has 1 aromatic heterocycles.